The van der Waals surface area contributed by atoms with Crippen molar-refractivity contribution in [3.63, 3.8) is 0 Å². The topological polar surface area (TPSA) is 57.2 Å². The Bertz CT molecular complexity index is 348. The lowest BCUT2D eigenvalue weighted by molar-refractivity contribution is 0.312. The number of likely N-dealkylation sites (N-methyl/N-ethyl adjacent to an activating group) is 1. The Morgan fingerprint density at radius 2 is 2.06 bits per heavy atom. The average molecular weight is 236 g/mol. The Labute approximate surface area is 102 Å². The lowest BCUT2D eigenvalue weighted by Gasteiger charge is -2.32. The first-order valence-corrected chi connectivity index (χ1v) is 6.16. The van der Waals surface area contributed by atoms with Gasteiger partial charge in [-0.1, -0.05) is 6.92 Å². The molecule has 6 nitrogen and oxygen atoms in total. The summed E-state index contributed by atoms with van der Waals surface area (Å²) in [5, 5.41) is 11.1. The highest BCUT2D eigenvalue weighted by molar-refractivity contribution is 5.40. The highest BCUT2D eigenvalue weighted by Crippen LogP contribution is 2.12. The molecule has 1 aromatic heterocycles. The molecule has 2 heterocycles. The molecular formula is C11H20N6. The van der Waals surface area contributed by atoms with Gasteiger partial charge in [0, 0.05) is 32.7 Å². The maximum Gasteiger partial charge on any atom is 0.244 e. The molecule has 0 radical (unpaired) electrons. The van der Waals surface area contributed by atoms with Gasteiger partial charge in [0.2, 0.25) is 5.95 Å². The fourth-order valence-electron chi connectivity index (χ4n) is 1.79. The van der Waals surface area contributed by atoms with Gasteiger partial charge in [0.15, 0.2) is 5.82 Å². The van der Waals surface area contributed by atoms with E-state index >= 15 is 0 Å². The van der Waals surface area contributed by atoms with Gasteiger partial charge in [-0.05, 0) is 13.5 Å². The molecule has 0 saturated carbocycles. The third-order valence-corrected chi connectivity index (χ3v) is 2.91. The van der Waals surface area contributed by atoms with Crippen molar-refractivity contribution in [1.29, 1.82) is 0 Å². The second-order valence-electron chi connectivity index (χ2n) is 4.36. The first kappa shape index (κ1) is 12.0. The minimum absolute atomic E-state index is 0.628. The summed E-state index contributed by atoms with van der Waals surface area (Å²) < 4.78 is 0. The Hall–Kier alpha value is -1.43. The summed E-state index contributed by atoms with van der Waals surface area (Å²) in [7, 11) is 2.14. The third-order valence-electron chi connectivity index (χ3n) is 2.91. The van der Waals surface area contributed by atoms with Crippen molar-refractivity contribution in [2.24, 2.45) is 0 Å². The molecular weight excluding hydrogens is 216 g/mol. The molecule has 0 unspecified atom stereocenters. The number of hydrogen-bond donors (Lipinski definition) is 1. The van der Waals surface area contributed by atoms with E-state index in [4.69, 9.17) is 0 Å². The fraction of sp³-hybridized carbons (Fsp3) is 0.727. The van der Waals surface area contributed by atoms with Gasteiger partial charge in [-0.25, -0.2) is 0 Å². The summed E-state index contributed by atoms with van der Waals surface area (Å²) in [6.45, 7) is 7.15. The molecule has 6 heteroatoms. The average Bonchev–Trinajstić information content (AvgIpc) is 2.37. The van der Waals surface area contributed by atoms with Gasteiger partial charge < -0.3 is 15.1 Å². The highest BCUT2D eigenvalue weighted by atomic mass is 15.3. The van der Waals surface area contributed by atoms with Crippen LogP contribution in [0.25, 0.3) is 0 Å². The number of nitrogens with zero attached hydrogens (tertiary/aromatic N) is 5. The maximum atomic E-state index is 4.48. The number of aromatic nitrogens is 3. The quantitative estimate of drug-likeness (QED) is 0.819. The van der Waals surface area contributed by atoms with Crippen LogP contribution < -0.4 is 10.2 Å². The van der Waals surface area contributed by atoms with Gasteiger partial charge in [0.1, 0.15) is 0 Å². The fourth-order valence-corrected chi connectivity index (χ4v) is 1.79. The first-order chi connectivity index (χ1) is 8.29. The van der Waals surface area contributed by atoms with E-state index in [1.54, 1.807) is 6.20 Å². The van der Waals surface area contributed by atoms with Gasteiger partial charge in [-0.15, -0.1) is 5.10 Å². The highest BCUT2D eigenvalue weighted by Gasteiger charge is 2.15. The molecule has 0 aromatic carbocycles. The van der Waals surface area contributed by atoms with E-state index in [1.807, 2.05) is 0 Å². The predicted octanol–water partition coefficient (Wildman–Crippen LogP) is 0.445. The van der Waals surface area contributed by atoms with E-state index in [0.29, 0.717) is 5.95 Å². The van der Waals surface area contributed by atoms with Gasteiger partial charge in [0.05, 0.1) is 6.20 Å². The smallest absolute Gasteiger partial charge is 0.244 e. The number of rotatable bonds is 4. The first-order valence-electron chi connectivity index (χ1n) is 6.16. The molecule has 1 aromatic rings. The zero-order chi connectivity index (χ0) is 12.1. The van der Waals surface area contributed by atoms with Crippen molar-refractivity contribution in [1.82, 2.24) is 20.1 Å². The Balaban J connectivity index is 2.00. The number of anilines is 2. The van der Waals surface area contributed by atoms with Crippen molar-refractivity contribution < 1.29 is 0 Å². The second kappa shape index (κ2) is 5.77. The number of piperazine rings is 1. The van der Waals surface area contributed by atoms with Crippen LogP contribution in [0.2, 0.25) is 0 Å². The molecule has 0 atom stereocenters. The summed E-state index contributed by atoms with van der Waals surface area (Å²) in [4.78, 5) is 9.06. The summed E-state index contributed by atoms with van der Waals surface area (Å²) in [5.41, 5.74) is 0. The lowest BCUT2D eigenvalue weighted by Crippen LogP contribution is -2.44. The van der Waals surface area contributed by atoms with Crippen LogP contribution in [0.3, 0.4) is 0 Å². The van der Waals surface area contributed by atoms with Gasteiger partial charge in [-0.2, -0.15) is 10.1 Å². The minimum Gasteiger partial charge on any atom is -0.353 e. The van der Waals surface area contributed by atoms with E-state index < -0.39 is 0 Å². The SMILES string of the molecule is CCCNc1nncc(N2CCN(C)CC2)n1. The Morgan fingerprint density at radius 1 is 1.29 bits per heavy atom. The van der Waals surface area contributed by atoms with E-state index in [-0.39, 0.29) is 0 Å². The van der Waals surface area contributed by atoms with Gasteiger partial charge in [0.25, 0.3) is 0 Å². The second-order valence-corrected chi connectivity index (χ2v) is 4.36. The van der Waals surface area contributed by atoms with Crippen LogP contribution in [0, 0.1) is 0 Å². The van der Waals surface area contributed by atoms with Crippen molar-refractivity contribution >= 4 is 11.8 Å². The van der Waals surface area contributed by atoms with Crippen molar-refractivity contribution in [2.75, 3.05) is 50.0 Å². The van der Waals surface area contributed by atoms with E-state index in [2.05, 4.69) is 44.3 Å². The molecule has 2 rings (SSSR count). The van der Waals surface area contributed by atoms with Crippen LogP contribution in [0.5, 0.6) is 0 Å². The van der Waals surface area contributed by atoms with Crippen LogP contribution in [-0.2, 0) is 0 Å². The molecule has 0 aliphatic carbocycles. The molecule has 0 amide bonds. The lowest BCUT2D eigenvalue weighted by atomic mass is 10.3. The van der Waals surface area contributed by atoms with E-state index in [9.17, 15) is 0 Å². The third kappa shape index (κ3) is 3.26. The number of hydrogen-bond acceptors (Lipinski definition) is 6. The summed E-state index contributed by atoms with van der Waals surface area (Å²) in [5.74, 6) is 1.55. The van der Waals surface area contributed by atoms with Crippen molar-refractivity contribution in [2.45, 2.75) is 13.3 Å². The summed E-state index contributed by atoms with van der Waals surface area (Å²) in [6, 6.07) is 0. The molecule has 0 bridgehead atoms. The monoisotopic (exact) mass is 236 g/mol. The molecule has 1 fully saturated rings. The van der Waals surface area contributed by atoms with Crippen LogP contribution in [0.4, 0.5) is 11.8 Å². The normalized spacial score (nSPS) is 17.2. The largest absolute Gasteiger partial charge is 0.353 e. The minimum atomic E-state index is 0.628. The van der Waals surface area contributed by atoms with E-state index in [1.165, 1.54) is 0 Å². The van der Waals surface area contributed by atoms with E-state index in [0.717, 1.165) is 45.0 Å². The molecule has 1 saturated heterocycles. The van der Waals surface area contributed by atoms with Crippen LogP contribution >= 0.6 is 0 Å². The zero-order valence-electron chi connectivity index (χ0n) is 10.6. The molecule has 1 aliphatic heterocycles. The Kier molecular flexibility index (Phi) is 4.08. The molecule has 1 N–H and O–H groups in total. The standard InChI is InChI=1S/C11H20N6/c1-3-4-12-11-14-10(9-13-15-11)17-7-5-16(2)6-8-17/h9H,3-8H2,1-2H3,(H,12,14,15). The Morgan fingerprint density at radius 3 is 2.76 bits per heavy atom. The maximum absolute atomic E-state index is 4.48. The zero-order valence-corrected chi connectivity index (χ0v) is 10.6. The van der Waals surface area contributed by atoms with Crippen LogP contribution in [-0.4, -0.2) is 59.9 Å². The summed E-state index contributed by atoms with van der Waals surface area (Å²) in [6.07, 6.45) is 2.80. The van der Waals surface area contributed by atoms with Crippen LogP contribution in [0.15, 0.2) is 6.20 Å². The predicted molar refractivity (Wildman–Crippen MR) is 68.3 cm³/mol. The molecule has 0 spiro atoms. The van der Waals surface area contributed by atoms with Crippen LogP contribution in [0.1, 0.15) is 13.3 Å². The molecule has 17 heavy (non-hydrogen) atoms. The van der Waals surface area contributed by atoms with Crippen molar-refractivity contribution in [3.05, 3.63) is 6.20 Å². The van der Waals surface area contributed by atoms with Crippen molar-refractivity contribution in [3.8, 4) is 0 Å². The summed E-state index contributed by atoms with van der Waals surface area (Å²) >= 11 is 0. The number of nitrogens with one attached hydrogen (secondary N) is 1. The molecule has 94 valence electrons. The van der Waals surface area contributed by atoms with Gasteiger partial charge in [-0.3, -0.25) is 0 Å². The van der Waals surface area contributed by atoms with Gasteiger partial charge >= 0.3 is 0 Å². The molecule has 1 aliphatic rings.